The number of nitrogens with zero attached hydrogens (tertiary/aromatic N) is 5. The second kappa shape index (κ2) is 6.00. The maximum absolute atomic E-state index is 12.5. The van der Waals surface area contributed by atoms with E-state index in [0.717, 1.165) is 11.3 Å². The molecule has 0 unspecified atom stereocenters. The molecule has 3 heterocycles. The van der Waals surface area contributed by atoms with Crippen molar-refractivity contribution in [2.75, 3.05) is 5.32 Å². The van der Waals surface area contributed by atoms with Crippen LogP contribution in [0.4, 0.5) is 5.13 Å². The standard InChI is InChI=1S/C15H16N6O2S/c1-8-9(2)19-21(4)14(23)12(8)13(22)18-15-17-11(7-24-15)10-5-16-20(3)6-10/h5-7H,1-4H3,(H,17,18,22). The van der Waals surface area contributed by atoms with Crippen LogP contribution < -0.4 is 10.9 Å². The number of hydrogen-bond acceptors (Lipinski definition) is 6. The summed E-state index contributed by atoms with van der Waals surface area (Å²) in [7, 11) is 3.35. The Morgan fingerprint density at radius 1 is 1.29 bits per heavy atom. The van der Waals surface area contributed by atoms with Gasteiger partial charge in [0.25, 0.3) is 11.5 Å². The Morgan fingerprint density at radius 2 is 2.04 bits per heavy atom. The average Bonchev–Trinajstić information content (AvgIpc) is 3.14. The number of carbonyl (C=O) groups excluding carboxylic acids is 1. The predicted octanol–water partition coefficient (Wildman–Crippen LogP) is 1.51. The molecule has 0 bridgehead atoms. The molecule has 9 heteroatoms. The van der Waals surface area contributed by atoms with Crippen molar-refractivity contribution in [1.82, 2.24) is 24.5 Å². The van der Waals surface area contributed by atoms with Gasteiger partial charge in [-0.2, -0.15) is 10.2 Å². The number of carbonyl (C=O) groups is 1. The van der Waals surface area contributed by atoms with Crippen LogP contribution in [-0.2, 0) is 14.1 Å². The summed E-state index contributed by atoms with van der Waals surface area (Å²) in [5, 5.41) is 13.1. The fraction of sp³-hybridized carbons (Fsp3) is 0.267. The Labute approximate surface area is 141 Å². The highest BCUT2D eigenvalue weighted by Crippen LogP contribution is 2.24. The lowest BCUT2D eigenvalue weighted by molar-refractivity contribution is 0.102. The van der Waals surface area contributed by atoms with Gasteiger partial charge >= 0.3 is 0 Å². The Morgan fingerprint density at radius 3 is 2.71 bits per heavy atom. The molecule has 3 aromatic rings. The first-order valence-electron chi connectivity index (χ1n) is 7.17. The van der Waals surface area contributed by atoms with Gasteiger partial charge < -0.3 is 0 Å². The van der Waals surface area contributed by atoms with Crippen LogP contribution in [0.25, 0.3) is 11.3 Å². The lowest BCUT2D eigenvalue weighted by Gasteiger charge is -2.08. The zero-order chi connectivity index (χ0) is 17.4. The number of nitrogens with one attached hydrogen (secondary N) is 1. The number of rotatable bonds is 3. The molecule has 0 atom stereocenters. The summed E-state index contributed by atoms with van der Waals surface area (Å²) in [5.74, 6) is -0.481. The summed E-state index contributed by atoms with van der Waals surface area (Å²) in [6, 6.07) is 0. The summed E-state index contributed by atoms with van der Waals surface area (Å²) in [5.41, 5.74) is 2.44. The molecule has 0 saturated heterocycles. The largest absolute Gasteiger partial charge is 0.298 e. The molecule has 8 nitrogen and oxygen atoms in total. The molecule has 3 rings (SSSR count). The van der Waals surface area contributed by atoms with Crippen molar-refractivity contribution in [3.8, 4) is 11.3 Å². The number of anilines is 1. The summed E-state index contributed by atoms with van der Waals surface area (Å²) < 4.78 is 2.85. The normalized spacial score (nSPS) is 10.8. The highest BCUT2D eigenvalue weighted by atomic mass is 32.1. The van der Waals surface area contributed by atoms with E-state index in [1.165, 1.54) is 23.1 Å². The van der Waals surface area contributed by atoms with Gasteiger partial charge in [-0.25, -0.2) is 9.67 Å². The minimum absolute atomic E-state index is 0.0862. The monoisotopic (exact) mass is 344 g/mol. The molecule has 0 aromatic carbocycles. The molecule has 0 spiro atoms. The third kappa shape index (κ3) is 2.85. The number of hydrogen-bond donors (Lipinski definition) is 1. The number of aromatic nitrogens is 5. The van der Waals surface area contributed by atoms with Gasteiger partial charge in [0.15, 0.2) is 5.13 Å². The quantitative estimate of drug-likeness (QED) is 0.777. The summed E-state index contributed by atoms with van der Waals surface area (Å²) in [4.78, 5) is 29.1. The first-order chi connectivity index (χ1) is 11.4. The molecule has 1 N–H and O–H groups in total. The van der Waals surface area contributed by atoms with Crippen LogP contribution >= 0.6 is 11.3 Å². The highest BCUT2D eigenvalue weighted by Gasteiger charge is 2.19. The van der Waals surface area contributed by atoms with E-state index in [2.05, 4.69) is 20.5 Å². The van der Waals surface area contributed by atoms with E-state index in [4.69, 9.17) is 0 Å². The maximum Gasteiger partial charge on any atom is 0.279 e. The van der Waals surface area contributed by atoms with Crippen LogP contribution in [0.5, 0.6) is 0 Å². The molecule has 24 heavy (non-hydrogen) atoms. The lowest BCUT2D eigenvalue weighted by Crippen LogP contribution is -2.31. The van der Waals surface area contributed by atoms with E-state index < -0.39 is 11.5 Å². The van der Waals surface area contributed by atoms with Crippen LogP contribution in [-0.4, -0.2) is 30.5 Å². The zero-order valence-electron chi connectivity index (χ0n) is 13.7. The van der Waals surface area contributed by atoms with E-state index in [-0.39, 0.29) is 5.56 Å². The molecule has 124 valence electrons. The van der Waals surface area contributed by atoms with Gasteiger partial charge in [0.2, 0.25) is 0 Å². The smallest absolute Gasteiger partial charge is 0.279 e. The highest BCUT2D eigenvalue weighted by molar-refractivity contribution is 7.14. The fourth-order valence-electron chi connectivity index (χ4n) is 2.29. The third-order valence-electron chi connectivity index (χ3n) is 3.68. The molecule has 3 aromatic heterocycles. The Kier molecular flexibility index (Phi) is 4.02. The van der Waals surface area contributed by atoms with Crippen molar-refractivity contribution in [3.05, 3.63) is 44.9 Å². The van der Waals surface area contributed by atoms with Gasteiger partial charge in [-0.3, -0.25) is 19.6 Å². The van der Waals surface area contributed by atoms with Crippen molar-refractivity contribution in [2.45, 2.75) is 13.8 Å². The average molecular weight is 344 g/mol. The second-order valence-corrected chi connectivity index (χ2v) is 6.27. The van der Waals surface area contributed by atoms with Crippen LogP contribution in [0.1, 0.15) is 21.6 Å². The predicted molar refractivity (Wildman–Crippen MR) is 91.2 cm³/mol. The lowest BCUT2D eigenvalue weighted by atomic mass is 10.1. The molecule has 0 aliphatic rings. The van der Waals surface area contributed by atoms with E-state index >= 15 is 0 Å². The molecule has 1 amide bonds. The molecule has 0 saturated carbocycles. The first-order valence-corrected chi connectivity index (χ1v) is 8.05. The summed E-state index contributed by atoms with van der Waals surface area (Å²) >= 11 is 1.29. The summed E-state index contributed by atoms with van der Waals surface area (Å²) in [6.07, 6.45) is 3.54. The van der Waals surface area contributed by atoms with Crippen molar-refractivity contribution in [2.24, 2.45) is 14.1 Å². The SMILES string of the molecule is Cc1nn(C)c(=O)c(C(=O)Nc2nc(-c3cnn(C)c3)cs2)c1C. The third-order valence-corrected chi connectivity index (χ3v) is 4.44. The van der Waals surface area contributed by atoms with E-state index in [0.29, 0.717) is 16.4 Å². The van der Waals surface area contributed by atoms with Gasteiger partial charge in [0, 0.05) is 31.2 Å². The number of amides is 1. The Hall–Kier alpha value is -2.81. The fourth-order valence-corrected chi connectivity index (χ4v) is 3.01. The minimum Gasteiger partial charge on any atom is -0.298 e. The molecule has 0 radical (unpaired) electrons. The molecule has 0 aliphatic heterocycles. The molecular formula is C15H16N6O2S. The van der Waals surface area contributed by atoms with E-state index in [1.807, 2.05) is 18.6 Å². The van der Waals surface area contributed by atoms with Crippen molar-refractivity contribution in [1.29, 1.82) is 0 Å². The van der Waals surface area contributed by atoms with Gasteiger partial charge in [-0.05, 0) is 19.4 Å². The first kappa shape index (κ1) is 16.1. The minimum atomic E-state index is -0.481. The molecule has 0 fully saturated rings. The Bertz CT molecular complexity index is 984. The number of aryl methyl sites for hydroxylation is 3. The number of thiazole rings is 1. The van der Waals surface area contributed by atoms with Gasteiger partial charge in [-0.1, -0.05) is 0 Å². The van der Waals surface area contributed by atoms with Crippen LogP contribution in [0.2, 0.25) is 0 Å². The topological polar surface area (TPSA) is 94.7 Å². The van der Waals surface area contributed by atoms with Crippen molar-refractivity contribution >= 4 is 22.4 Å². The zero-order valence-corrected chi connectivity index (χ0v) is 14.5. The van der Waals surface area contributed by atoms with Gasteiger partial charge in [0.1, 0.15) is 5.56 Å². The van der Waals surface area contributed by atoms with E-state index in [1.54, 1.807) is 24.7 Å². The van der Waals surface area contributed by atoms with Crippen molar-refractivity contribution in [3.63, 3.8) is 0 Å². The van der Waals surface area contributed by atoms with Gasteiger partial charge in [0.05, 0.1) is 17.6 Å². The van der Waals surface area contributed by atoms with Gasteiger partial charge in [-0.15, -0.1) is 11.3 Å². The van der Waals surface area contributed by atoms with Crippen LogP contribution in [0, 0.1) is 13.8 Å². The molecular weight excluding hydrogens is 328 g/mol. The summed E-state index contributed by atoms with van der Waals surface area (Å²) in [6.45, 7) is 3.47. The Balaban J connectivity index is 1.89. The second-order valence-electron chi connectivity index (χ2n) is 5.41. The maximum atomic E-state index is 12.5. The van der Waals surface area contributed by atoms with Crippen LogP contribution in [0.15, 0.2) is 22.6 Å². The van der Waals surface area contributed by atoms with Crippen molar-refractivity contribution < 1.29 is 4.79 Å². The molecule has 0 aliphatic carbocycles. The van der Waals surface area contributed by atoms with E-state index in [9.17, 15) is 9.59 Å². The van der Waals surface area contributed by atoms with Crippen LogP contribution in [0.3, 0.4) is 0 Å².